The van der Waals surface area contributed by atoms with Gasteiger partial charge in [-0.25, -0.2) is 0 Å². The Morgan fingerprint density at radius 2 is 1.68 bits per heavy atom. The molecular formula is C17H29NO. The van der Waals surface area contributed by atoms with Crippen LogP contribution in [0.15, 0.2) is 0 Å². The van der Waals surface area contributed by atoms with Crippen molar-refractivity contribution in [3.63, 3.8) is 0 Å². The molecule has 19 heavy (non-hydrogen) atoms. The van der Waals surface area contributed by atoms with Crippen LogP contribution in [0.3, 0.4) is 0 Å². The second-order valence-corrected chi connectivity index (χ2v) is 7.86. The fourth-order valence-corrected chi connectivity index (χ4v) is 6.07. The molecule has 2 bridgehead atoms. The van der Waals surface area contributed by atoms with Crippen LogP contribution in [0, 0.1) is 29.6 Å². The van der Waals surface area contributed by atoms with Crippen LogP contribution < -0.4 is 5.32 Å². The summed E-state index contributed by atoms with van der Waals surface area (Å²) in [6.07, 6.45) is 12.2. The van der Waals surface area contributed by atoms with Gasteiger partial charge in [-0.15, -0.1) is 0 Å². The van der Waals surface area contributed by atoms with Crippen molar-refractivity contribution in [1.82, 2.24) is 5.32 Å². The summed E-state index contributed by atoms with van der Waals surface area (Å²) in [5.74, 6) is 4.99. The third kappa shape index (κ3) is 2.25. The Kier molecular flexibility index (Phi) is 3.35. The maximum absolute atomic E-state index is 9.77. The highest BCUT2D eigenvalue weighted by atomic mass is 16.3. The van der Waals surface area contributed by atoms with E-state index < -0.39 is 0 Å². The monoisotopic (exact) mass is 263 g/mol. The van der Waals surface area contributed by atoms with Gasteiger partial charge in [0.1, 0.15) is 0 Å². The van der Waals surface area contributed by atoms with Gasteiger partial charge in [-0.1, -0.05) is 12.8 Å². The first-order chi connectivity index (χ1) is 9.31. The van der Waals surface area contributed by atoms with E-state index in [2.05, 4.69) is 5.32 Å². The van der Waals surface area contributed by atoms with Crippen LogP contribution in [0.1, 0.15) is 57.8 Å². The molecule has 0 aromatic rings. The van der Waals surface area contributed by atoms with E-state index in [1.54, 1.807) is 0 Å². The van der Waals surface area contributed by atoms with Crippen LogP contribution >= 0.6 is 0 Å². The minimum absolute atomic E-state index is 0.0141. The zero-order valence-corrected chi connectivity index (χ0v) is 12.1. The molecule has 0 aliphatic heterocycles. The molecule has 0 heterocycles. The van der Waals surface area contributed by atoms with Crippen molar-refractivity contribution in [3.05, 3.63) is 0 Å². The van der Waals surface area contributed by atoms with Crippen molar-refractivity contribution in [2.45, 2.75) is 69.9 Å². The Balaban J connectivity index is 1.30. The van der Waals surface area contributed by atoms with Crippen LogP contribution in [0.25, 0.3) is 0 Å². The quantitative estimate of drug-likeness (QED) is 0.820. The second kappa shape index (κ2) is 5.04. The predicted octanol–water partition coefficient (Wildman–Crippen LogP) is 2.95. The number of hydrogen-bond acceptors (Lipinski definition) is 2. The third-order valence-corrected chi connectivity index (χ3v) is 6.85. The first-order valence-electron chi connectivity index (χ1n) is 8.72. The van der Waals surface area contributed by atoms with Crippen molar-refractivity contribution >= 4 is 0 Å². The fraction of sp³-hybridized carbons (Fsp3) is 1.00. The highest BCUT2D eigenvalue weighted by Gasteiger charge is 2.53. The van der Waals surface area contributed by atoms with Crippen molar-refractivity contribution in [3.8, 4) is 0 Å². The molecule has 4 aliphatic rings. The largest absolute Gasteiger partial charge is 0.393 e. The highest BCUT2D eigenvalue weighted by Crippen LogP contribution is 2.58. The Bertz CT molecular complexity index is 331. The Morgan fingerprint density at radius 3 is 2.58 bits per heavy atom. The lowest BCUT2D eigenvalue weighted by Gasteiger charge is -2.34. The van der Waals surface area contributed by atoms with Gasteiger partial charge in [-0.05, 0) is 81.1 Å². The normalized spacial score (nSPS) is 52.6. The molecule has 0 aromatic heterocycles. The van der Waals surface area contributed by atoms with Crippen LogP contribution in [0.2, 0.25) is 0 Å². The molecule has 0 radical (unpaired) electrons. The maximum Gasteiger partial charge on any atom is 0.0543 e. The average molecular weight is 263 g/mol. The molecule has 2 heteroatoms. The molecule has 108 valence electrons. The van der Waals surface area contributed by atoms with Crippen LogP contribution in [0.4, 0.5) is 0 Å². The van der Waals surface area contributed by atoms with E-state index in [4.69, 9.17) is 0 Å². The van der Waals surface area contributed by atoms with E-state index in [0.717, 1.165) is 48.5 Å². The number of hydrogen-bond donors (Lipinski definition) is 2. The lowest BCUT2D eigenvalue weighted by molar-refractivity contribution is 0.0969. The molecule has 4 fully saturated rings. The Morgan fingerprint density at radius 1 is 0.842 bits per heavy atom. The van der Waals surface area contributed by atoms with E-state index in [0.29, 0.717) is 0 Å². The van der Waals surface area contributed by atoms with Crippen molar-refractivity contribution in [1.29, 1.82) is 0 Å². The molecule has 4 aliphatic carbocycles. The average Bonchev–Trinajstić information content (AvgIpc) is 3.08. The molecule has 0 aromatic carbocycles. The molecule has 2 N–H and O–H groups in total. The van der Waals surface area contributed by atoms with E-state index in [9.17, 15) is 5.11 Å². The molecule has 4 rings (SSSR count). The molecule has 7 unspecified atom stereocenters. The maximum atomic E-state index is 9.77. The highest BCUT2D eigenvalue weighted by molar-refractivity contribution is 5.05. The summed E-state index contributed by atoms with van der Waals surface area (Å²) in [4.78, 5) is 0. The molecule has 0 saturated heterocycles. The summed E-state index contributed by atoms with van der Waals surface area (Å²) >= 11 is 0. The lowest BCUT2D eigenvalue weighted by atomic mass is 9.78. The first-order valence-corrected chi connectivity index (χ1v) is 8.72. The van der Waals surface area contributed by atoms with Gasteiger partial charge < -0.3 is 10.4 Å². The number of aliphatic hydroxyl groups is 1. The third-order valence-electron chi connectivity index (χ3n) is 6.85. The van der Waals surface area contributed by atoms with Gasteiger partial charge in [-0.2, -0.15) is 0 Å². The SMILES string of the molecule is OC1CCCC(CNC2CC3CC2C2CCCC32)C1. The summed E-state index contributed by atoms with van der Waals surface area (Å²) in [5, 5.41) is 13.7. The van der Waals surface area contributed by atoms with E-state index >= 15 is 0 Å². The topological polar surface area (TPSA) is 32.3 Å². The number of nitrogens with one attached hydrogen (secondary N) is 1. The van der Waals surface area contributed by atoms with Crippen molar-refractivity contribution < 1.29 is 5.11 Å². The van der Waals surface area contributed by atoms with Gasteiger partial charge >= 0.3 is 0 Å². The number of aliphatic hydroxyl groups excluding tert-OH is 1. The van der Waals surface area contributed by atoms with Gasteiger partial charge in [0, 0.05) is 6.04 Å². The van der Waals surface area contributed by atoms with E-state index in [-0.39, 0.29) is 6.10 Å². The Labute approximate surface area is 117 Å². The zero-order chi connectivity index (χ0) is 12.8. The van der Waals surface area contributed by atoms with Gasteiger partial charge in [0.2, 0.25) is 0 Å². The zero-order valence-electron chi connectivity index (χ0n) is 12.1. The molecule has 4 saturated carbocycles. The molecule has 0 spiro atoms. The molecule has 7 atom stereocenters. The van der Waals surface area contributed by atoms with Crippen molar-refractivity contribution in [2.24, 2.45) is 29.6 Å². The van der Waals surface area contributed by atoms with Gasteiger partial charge in [-0.3, -0.25) is 0 Å². The van der Waals surface area contributed by atoms with Crippen LogP contribution in [0.5, 0.6) is 0 Å². The summed E-state index contributed by atoms with van der Waals surface area (Å²) in [7, 11) is 0. The fourth-order valence-electron chi connectivity index (χ4n) is 6.07. The minimum Gasteiger partial charge on any atom is -0.393 e. The summed E-state index contributed by atoms with van der Waals surface area (Å²) in [6, 6.07) is 0.823. The number of rotatable bonds is 3. The second-order valence-electron chi connectivity index (χ2n) is 7.86. The molecule has 2 nitrogen and oxygen atoms in total. The standard InChI is InChI=1S/C17H29NO/c19-13-4-1-3-11(7-13)10-18-17-9-12-8-16(17)15-6-2-5-14(12)15/h11-19H,1-10H2. The smallest absolute Gasteiger partial charge is 0.0543 e. The minimum atomic E-state index is -0.0141. The van der Waals surface area contributed by atoms with Gasteiger partial charge in [0.05, 0.1) is 6.10 Å². The summed E-state index contributed by atoms with van der Waals surface area (Å²) in [6.45, 7) is 1.17. The summed E-state index contributed by atoms with van der Waals surface area (Å²) < 4.78 is 0. The van der Waals surface area contributed by atoms with Crippen LogP contribution in [-0.2, 0) is 0 Å². The predicted molar refractivity (Wildman–Crippen MR) is 76.8 cm³/mol. The molecular weight excluding hydrogens is 234 g/mol. The van der Waals surface area contributed by atoms with E-state index in [1.165, 1.54) is 51.5 Å². The molecule has 0 amide bonds. The lowest BCUT2D eigenvalue weighted by Crippen LogP contribution is -2.42. The van der Waals surface area contributed by atoms with Gasteiger partial charge in [0.15, 0.2) is 0 Å². The van der Waals surface area contributed by atoms with Crippen molar-refractivity contribution in [2.75, 3.05) is 6.54 Å². The summed E-state index contributed by atoms with van der Waals surface area (Å²) in [5.41, 5.74) is 0. The van der Waals surface area contributed by atoms with Crippen LogP contribution in [-0.4, -0.2) is 23.8 Å². The van der Waals surface area contributed by atoms with E-state index in [1.807, 2.05) is 0 Å². The van der Waals surface area contributed by atoms with Gasteiger partial charge in [0.25, 0.3) is 0 Å². The first kappa shape index (κ1) is 12.6. The Hall–Kier alpha value is -0.0800. The number of fused-ring (bicyclic) bond motifs is 5.